The number of anilines is 1. The number of aromatic nitrogens is 2. The van der Waals surface area contributed by atoms with E-state index in [1.807, 2.05) is 0 Å². The summed E-state index contributed by atoms with van der Waals surface area (Å²) >= 11 is 0. The first-order chi connectivity index (χ1) is 8.29. The molecule has 0 aliphatic heterocycles. The molecule has 1 aromatic heterocycles. The number of methoxy groups -OCH3 is 1. The van der Waals surface area contributed by atoms with Crippen LogP contribution in [0.2, 0.25) is 0 Å². The highest BCUT2D eigenvalue weighted by molar-refractivity contribution is 6.03. The van der Waals surface area contributed by atoms with Crippen LogP contribution in [0.1, 0.15) is 10.4 Å². The number of hydrogen-bond acceptors (Lipinski definition) is 4. The summed E-state index contributed by atoms with van der Waals surface area (Å²) in [6, 6.07) is 8.48. The van der Waals surface area contributed by atoms with Crippen molar-refractivity contribution in [3.8, 4) is 5.75 Å². The van der Waals surface area contributed by atoms with Crippen LogP contribution in [0.15, 0.2) is 42.7 Å². The van der Waals surface area contributed by atoms with Gasteiger partial charge in [0.05, 0.1) is 7.11 Å². The van der Waals surface area contributed by atoms with E-state index in [4.69, 9.17) is 4.74 Å². The van der Waals surface area contributed by atoms with Crippen molar-refractivity contribution >= 4 is 11.9 Å². The second-order valence-electron chi connectivity index (χ2n) is 3.26. The summed E-state index contributed by atoms with van der Waals surface area (Å²) in [5.41, 5.74) is 0.526. The quantitative estimate of drug-likeness (QED) is 0.870. The Labute approximate surface area is 98.5 Å². The fraction of sp³-hybridized carbons (Fsp3) is 0.0833. The maximum Gasteiger partial charge on any atom is 0.258 e. The van der Waals surface area contributed by atoms with Crippen molar-refractivity contribution in [2.24, 2.45) is 0 Å². The summed E-state index contributed by atoms with van der Waals surface area (Å²) in [6.07, 6.45) is 3.13. The summed E-state index contributed by atoms with van der Waals surface area (Å²) < 4.78 is 5.01. The predicted octanol–water partition coefficient (Wildman–Crippen LogP) is 1.74. The fourth-order valence-corrected chi connectivity index (χ4v) is 1.28. The molecular formula is C12H11N3O2. The number of hydrogen-bond donors (Lipinski definition) is 1. The Morgan fingerprint density at radius 1 is 1.18 bits per heavy atom. The predicted molar refractivity (Wildman–Crippen MR) is 63.0 cm³/mol. The van der Waals surface area contributed by atoms with Crippen LogP contribution >= 0.6 is 0 Å². The van der Waals surface area contributed by atoms with E-state index in [0.717, 1.165) is 0 Å². The lowest BCUT2D eigenvalue weighted by molar-refractivity contribution is 0.102. The molecule has 1 aromatic carbocycles. The summed E-state index contributed by atoms with van der Waals surface area (Å²) in [5, 5.41) is 2.59. The molecule has 0 fully saturated rings. The summed E-state index contributed by atoms with van der Waals surface area (Å²) in [6.45, 7) is 0. The minimum atomic E-state index is -0.251. The number of benzene rings is 1. The van der Waals surface area contributed by atoms with Gasteiger partial charge in [0.15, 0.2) is 0 Å². The number of rotatable bonds is 3. The Kier molecular flexibility index (Phi) is 3.30. The zero-order valence-corrected chi connectivity index (χ0v) is 9.25. The molecule has 86 valence electrons. The maximum atomic E-state index is 11.8. The normalized spacial score (nSPS) is 9.71. The van der Waals surface area contributed by atoms with Crippen LogP contribution < -0.4 is 10.1 Å². The molecule has 0 aliphatic carbocycles. The molecule has 0 saturated carbocycles. The molecule has 0 spiro atoms. The van der Waals surface area contributed by atoms with E-state index < -0.39 is 0 Å². The molecule has 0 atom stereocenters. The zero-order valence-electron chi connectivity index (χ0n) is 9.25. The lowest BCUT2D eigenvalue weighted by Crippen LogP contribution is -2.13. The molecule has 2 rings (SSSR count). The van der Waals surface area contributed by atoms with Crippen molar-refractivity contribution in [3.05, 3.63) is 48.3 Å². The molecular weight excluding hydrogens is 218 g/mol. The molecule has 2 aromatic rings. The number of amides is 1. The first-order valence-electron chi connectivity index (χ1n) is 5.02. The third kappa shape index (κ3) is 2.78. The monoisotopic (exact) mass is 229 g/mol. The number of carbonyl (C=O) groups is 1. The second-order valence-corrected chi connectivity index (χ2v) is 3.26. The lowest BCUT2D eigenvalue weighted by Gasteiger charge is -2.04. The molecule has 1 heterocycles. The zero-order chi connectivity index (χ0) is 12.1. The standard InChI is InChI=1S/C12H11N3O2/c1-17-10-5-3-9(4-6-10)11(16)15-12-13-7-2-8-14-12/h2-8H,1H3,(H,13,14,15,16). The van der Waals surface area contributed by atoms with Gasteiger partial charge in [0, 0.05) is 18.0 Å². The first-order valence-corrected chi connectivity index (χ1v) is 5.02. The van der Waals surface area contributed by atoms with Crippen molar-refractivity contribution in [2.75, 3.05) is 12.4 Å². The third-order valence-corrected chi connectivity index (χ3v) is 2.14. The molecule has 0 saturated heterocycles. The summed E-state index contributed by atoms with van der Waals surface area (Å²) in [5.74, 6) is 0.740. The summed E-state index contributed by atoms with van der Waals surface area (Å²) in [4.78, 5) is 19.6. The van der Waals surface area contributed by atoms with E-state index in [2.05, 4.69) is 15.3 Å². The number of nitrogens with one attached hydrogen (secondary N) is 1. The largest absolute Gasteiger partial charge is 0.497 e. The third-order valence-electron chi connectivity index (χ3n) is 2.14. The molecule has 0 bridgehead atoms. The Morgan fingerprint density at radius 2 is 1.82 bits per heavy atom. The van der Waals surface area contributed by atoms with E-state index in [9.17, 15) is 4.79 Å². The average Bonchev–Trinajstić information content (AvgIpc) is 2.40. The van der Waals surface area contributed by atoms with E-state index in [0.29, 0.717) is 11.3 Å². The van der Waals surface area contributed by atoms with Crippen LogP contribution in [-0.4, -0.2) is 23.0 Å². The van der Waals surface area contributed by atoms with Gasteiger partial charge in [-0.15, -0.1) is 0 Å². The molecule has 1 N–H and O–H groups in total. The van der Waals surface area contributed by atoms with Gasteiger partial charge < -0.3 is 4.74 Å². The van der Waals surface area contributed by atoms with Crippen molar-refractivity contribution < 1.29 is 9.53 Å². The van der Waals surface area contributed by atoms with Gasteiger partial charge in [-0.1, -0.05) is 0 Å². The maximum absolute atomic E-state index is 11.8. The van der Waals surface area contributed by atoms with E-state index in [1.165, 1.54) is 0 Å². The number of ether oxygens (including phenoxy) is 1. The van der Waals surface area contributed by atoms with Crippen LogP contribution in [0.5, 0.6) is 5.75 Å². The Hall–Kier alpha value is -2.43. The van der Waals surface area contributed by atoms with Gasteiger partial charge >= 0.3 is 0 Å². The van der Waals surface area contributed by atoms with Gasteiger partial charge in [0.25, 0.3) is 5.91 Å². The molecule has 5 heteroatoms. The van der Waals surface area contributed by atoms with E-state index in [-0.39, 0.29) is 11.9 Å². The van der Waals surface area contributed by atoms with Gasteiger partial charge in [-0.05, 0) is 30.3 Å². The summed E-state index contributed by atoms with van der Waals surface area (Å²) in [7, 11) is 1.58. The molecule has 17 heavy (non-hydrogen) atoms. The average molecular weight is 229 g/mol. The highest BCUT2D eigenvalue weighted by Gasteiger charge is 2.06. The van der Waals surface area contributed by atoms with Gasteiger partial charge in [-0.25, -0.2) is 9.97 Å². The highest BCUT2D eigenvalue weighted by Crippen LogP contribution is 2.12. The lowest BCUT2D eigenvalue weighted by atomic mass is 10.2. The van der Waals surface area contributed by atoms with Crippen molar-refractivity contribution in [2.45, 2.75) is 0 Å². The van der Waals surface area contributed by atoms with Crippen molar-refractivity contribution in [3.63, 3.8) is 0 Å². The highest BCUT2D eigenvalue weighted by atomic mass is 16.5. The fourth-order valence-electron chi connectivity index (χ4n) is 1.28. The van der Waals surface area contributed by atoms with Gasteiger partial charge in [-0.2, -0.15) is 0 Å². The van der Waals surface area contributed by atoms with Crippen LogP contribution in [-0.2, 0) is 0 Å². The minimum Gasteiger partial charge on any atom is -0.497 e. The molecule has 5 nitrogen and oxygen atoms in total. The smallest absolute Gasteiger partial charge is 0.258 e. The SMILES string of the molecule is COc1ccc(C(=O)Nc2ncccn2)cc1. The van der Waals surface area contributed by atoms with Gasteiger partial charge in [0.1, 0.15) is 5.75 Å². The van der Waals surface area contributed by atoms with Gasteiger partial charge in [-0.3, -0.25) is 10.1 Å². The molecule has 0 radical (unpaired) electrons. The first kappa shape index (κ1) is 11.1. The van der Waals surface area contributed by atoms with Crippen LogP contribution in [0.3, 0.4) is 0 Å². The van der Waals surface area contributed by atoms with Gasteiger partial charge in [0.2, 0.25) is 5.95 Å². The van der Waals surface area contributed by atoms with Crippen molar-refractivity contribution in [1.29, 1.82) is 0 Å². The van der Waals surface area contributed by atoms with Crippen molar-refractivity contribution in [1.82, 2.24) is 9.97 Å². The van der Waals surface area contributed by atoms with E-state index >= 15 is 0 Å². The Balaban J connectivity index is 2.09. The Morgan fingerprint density at radius 3 is 2.41 bits per heavy atom. The molecule has 1 amide bonds. The Bertz CT molecular complexity index is 497. The molecule has 0 unspecified atom stereocenters. The minimum absolute atomic E-state index is 0.251. The topological polar surface area (TPSA) is 64.1 Å². The second kappa shape index (κ2) is 5.07. The van der Waals surface area contributed by atoms with E-state index in [1.54, 1.807) is 49.8 Å². The van der Waals surface area contributed by atoms with Crippen LogP contribution in [0, 0.1) is 0 Å². The van der Waals surface area contributed by atoms with Crippen LogP contribution in [0.25, 0.3) is 0 Å². The van der Waals surface area contributed by atoms with Crippen LogP contribution in [0.4, 0.5) is 5.95 Å². The molecule has 0 aliphatic rings. The number of carbonyl (C=O) groups excluding carboxylic acids is 1. The number of nitrogens with zero attached hydrogens (tertiary/aromatic N) is 2.